The number of para-hydroxylation sites is 1. The molecule has 1 saturated heterocycles. The van der Waals surface area contributed by atoms with E-state index in [1.165, 1.54) is 0 Å². The molecule has 3 N–H and O–H groups in total. The minimum atomic E-state index is -0.544. The highest BCUT2D eigenvalue weighted by atomic mass is 16.5. The van der Waals surface area contributed by atoms with Gasteiger partial charge in [-0.05, 0) is 73.5 Å². The Balaban J connectivity index is 1.42. The Morgan fingerprint density at radius 3 is 2.54 bits per heavy atom. The topological polar surface area (TPSA) is 93.9 Å². The largest absolute Gasteiger partial charge is 0.497 e. The van der Waals surface area contributed by atoms with Gasteiger partial charge >= 0.3 is 0 Å². The Hall–Kier alpha value is -3.84. The normalized spacial score (nSPS) is 14.3. The smallest absolute Gasteiger partial charge is 0.252 e. The molecule has 7 nitrogen and oxygen atoms in total. The molecule has 1 aliphatic heterocycles. The number of rotatable bonds is 10. The first-order valence-corrected chi connectivity index (χ1v) is 11.8. The molecule has 0 aliphatic carbocycles. The average molecular weight is 474 g/mol. The molecule has 7 heteroatoms. The maximum absolute atomic E-state index is 13.0. The monoisotopic (exact) mass is 473 g/mol. The van der Waals surface area contributed by atoms with Crippen molar-refractivity contribution in [1.29, 1.82) is 0 Å². The lowest BCUT2D eigenvalue weighted by molar-refractivity contribution is 0.0936. The van der Waals surface area contributed by atoms with Gasteiger partial charge in [-0.3, -0.25) is 14.5 Å². The van der Waals surface area contributed by atoms with Gasteiger partial charge in [-0.1, -0.05) is 36.4 Å². The lowest BCUT2D eigenvalue weighted by atomic mass is 10.0. The highest BCUT2D eigenvalue weighted by Crippen LogP contribution is 2.27. The standard InChI is InChI=1S/C28H31N3O4/c1-34-23-11-7-9-21(17-23)25(31-14-4-5-15-31)18-30-28(33)22-10-6-8-20(16-22)19-35-26-13-3-2-12-24(26)27(29)32/h2-3,6-13,16-17,25H,4-5,14-15,18-19H2,1H3,(H2,29,32)(H,30,33). The van der Waals surface area contributed by atoms with E-state index < -0.39 is 5.91 Å². The second kappa shape index (κ2) is 11.5. The predicted molar refractivity (Wildman–Crippen MR) is 135 cm³/mol. The van der Waals surface area contributed by atoms with Gasteiger partial charge in [0.25, 0.3) is 11.8 Å². The van der Waals surface area contributed by atoms with Gasteiger partial charge in [-0.15, -0.1) is 0 Å². The number of benzene rings is 3. The number of primary amides is 1. The molecule has 4 rings (SSSR count). The van der Waals surface area contributed by atoms with E-state index in [1.54, 1.807) is 43.5 Å². The molecule has 1 aliphatic rings. The Kier molecular flexibility index (Phi) is 8.00. The second-order valence-corrected chi connectivity index (χ2v) is 8.59. The zero-order chi connectivity index (χ0) is 24.6. The van der Waals surface area contributed by atoms with E-state index in [-0.39, 0.29) is 18.6 Å². The highest BCUT2D eigenvalue weighted by Gasteiger charge is 2.24. The minimum Gasteiger partial charge on any atom is -0.497 e. The van der Waals surface area contributed by atoms with E-state index in [9.17, 15) is 9.59 Å². The molecule has 182 valence electrons. The summed E-state index contributed by atoms with van der Waals surface area (Å²) in [6.07, 6.45) is 2.32. The predicted octanol–water partition coefficient (Wildman–Crippen LogP) is 3.94. The SMILES string of the molecule is COc1cccc(C(CNC(=O)c2cccc(COc3ccccc3C(N)=O)c2)N2CCCC2)c1. The number of nitrogens with one attached hydrogen (secondary N) is 1. The van der Waals surface area contributed by atoms with Crippen molar-refractivity contribution in [2.24, 2.45) is 5.73 Å². The third kappa shape index (κ3) is 6.19. The second-order valence-electron chi connectivity index (χ2n) is 8.59. The molecule has 3 aromatic carbocycles. The lowest BCUT2D eigenvalue weighted by Crippen LogP contribution is -2.36. The van der Waals surface area contributed by atoms with Crippen LogP contribution >= 0.6 is 0 Å². The first-order chi connectivity index (χ1) is 17.0. The van der Waals surface area contributed by atoms with Gasteiger partial charge in [0.1, 0.15) is 18.1 Å². The van der Waals surface area contributed by atoms with Gasteiger partial charge in [-0.25, -0.2) is 0 Å². The number of likely N-dealkylation sites (tertiary alicyclic amines) is 1. The summed E-state index contributed by atoms with van der Waals surface area (Å²) in [7, 11) is 1.66. The van der Waals surface area contributed by atoms with Crippen LogP contribution in [0.4, 0.5) is 0 Å². The molecule has 0 spiro atoms. The first kappa shape index (κ1) is 24.3. The number of amides is 2. The molecule has 1 atom stereocenters. The fourth-order valence-electron chi connectivity index (χ4n) is 4.41. The molecule has 1 fully saturated rings. The number of hydrogen-bond donors (Lipinski definition) is 2. The summed E-state index contributed by atoms with van der Waals surface area (Å²) in [6, 6.07) is 22.3. The summed E-state index contributed by atoms with van der Waals surface area (Å²) in [6.45, 7) is 2.74. The Bertz CT molecular complexity index is 1170. The van der Waals surface area contributed by atoms with Crippen LogP contribution in [-0.4, -0.2) is 43.5 Å². The van der Waals surface area contributed by atoms with Gasteiger partial charge in [-0.2, -0.15) is 0 Å². The van der Waals surface area contributed by atoms with Crippen molar-refractivity contribution in [1.82, 2.24) is 10.2 Å². The lowest BCUT2D eigenvalue weighted by Gasteiger charge is -2.28. The minimum absolute atomic E-state index is 0.0772. The van der Waals surface area contributed by atoms with E-state index in [0.717, 1.165) is 42.8 Å². The maximum Gasteiger partial charge on any atom is 0.252 e. The Labute approximate surface area is 205 Å². The van der Waals surface area contributed by atoms with Crippen molar-refractivity contribution < 1.29 is 19.1 Å². The van der Waals surface area contributed by atoms with Crippen molar-refractivity contribution in [3.8, 4) is 11.5 Å². The molecule has 35 heavy (non-hydrogen) atoms. The third-order valence-electron chi connectivity index (χ3n) is 6.25. The zero-order valence-corrected chi connectivity index (χ0v) is 19.9. The molecule has 0 radical (unpaired) electrons. The van der Waals surface area contributed by atoms with Crippen LogP contribution in [-0.2, 0) is 6.61 Å². The maximum atomic E-state index is 13.0. The van der Waals surface area contributed by atoms with E-state index >= 15 is 0 Å². The summed E-state index contributed by atoms with van der Waals surface area (Å²) in [4.78, 5) is 27.1. The molecule has 0 saturated carbocycles. The van der Waals surface area contributed by atoms with Crippen molar-refractivity contribution in [3.63, 3.8) is 0 Å². The first-order valence-electron chi connectivity index (χ1n) is 11.8. The number of hydrogen-bond acceptors (Lipinski definition) is 5. The highest BCUT2D eigenvalue weighted by molar-refractivity contribution is 5.95. The van der Waals surface area contributed by atoms with E-state index in [4.69, 9.17) is 15.2 Å². The van der Waals surface area contributed by atoms with Crippen LogP contribution in [0.5, 0.6) is 11.5 Å². The van der Waals surface area contributed by atoms with Crippen LogP contribution < -0.4 is 20.5 Å². The average Bonchev–Trinajstić information content (AvgIpc) is 3.42. The molecular weight excluding hydrogens is 442 g/mol. The van der Waals surface area contributed by atoms with E-state index in [2.05, 4.69) is 16.3 Å². The number of nitrogens with zero attached hydrogens (tertiary/aromatic N) is 1. The number of nitrogens with two attached hydrogens (primary N) is 1. The summed E-state index contributed by atoms with van der Waals surface area (Å²) >= 11 is 0. The van der Waals surface area contributed by atoms with E-state index in [0.29, 0.717) is 23.4 Å². The van der Waals surface area contributed by atoms with Gasteiger partial charge in [0.15, 0.2) is 0 Å². The molecule has 2 amide bonds. The van der Waals surface area contributed by atoms with Gasteiger partial charge in [0.2, 0.25) is 0 Å². The van der Waals surface area contributed by atoms with E-state index in [1.807, 2.05) is 30.3 Å². The number of ether oxygens (including phenoxy) is 2. The van der Waals surface area contributed by atoms with Crippen molar-refractivity contribution in [3.05, 3.63) is 95.1 Å². The quantitative estimate of drug-likeness (QED) is 0.465. The molecular formula is C28H31N3O4. The fraction of sp³-hybridized carbons (Fsp3) is 0.286. The number of carbonyl (C=O) groups excluding carboxylic acids is 2. The Morgan fingerprint density at radius 1 is 1.00 bits per heavy atom. The van der Waals surface area contributed by atoms with Crippen molar-refractivity contribution in [2.75, 3.05) is 26.7 Å². The van der Waals surface area contributed by atoms with Gasteiger partial charge < -0.3 is 20.5 Å². The molecule has 1 unspecified atom stereocenters. The van der Waals surface area contributed by atoms with Crippen molar-refractivity contribution >= 4 is 11.8 Å². The molecule has 1 heterocycles. The van der Waals surface area contributed by atoms with Crippen LogP contribution in [0.2, 0.25) is 0 Å². The van der Waals surface area contributed by atoms with Gasteiger partial charge in [0, 0.05) is 12.1 Å². The molecule has 0 bridgehead atoms. The van der Waals surface area contributed by atoms with Crippen LogP contribution in [0.1, 0.15) is 50.7 Å². The zero-order valence-electron chi connectivity index (χ0n) is 19.9. The number of methoxy groups -OCH3 is 1. The third-order valence-corrected chi connectivity index (χ3v) is 6.25. The summed E-state index contributed by atoms with van der Waals surface area (Å²) < 4.78 is 11.2. The summed E-state index contributed by atoms with van der Waals surface area (Å²) in [5.74, 6) is 0.541. The van der Waals surface area contributed by atoms with Crippen LogP contribution in [0.3, 0.4) is 0 Å². The fourth-order valence-corrected chi connectivity index (χ4v) is 4.41. The molecule has 3 aromatic rings. The van der Waals surface area contributed by atoms with Crippen LogP contribution in [0.25, 0.3) is 0 Å². The number of carbonyl (C=O) groups is 2. The Morgan fingerprint density at radius 2 is 1.77 bits per heavy atom. The van der Waals surface area contributed by atoms with Crippen LogP contribution in [0, 0.1) is 0 Å². The summed E-state index contributed by atoms with van der Waals surface area (Å²) in [5.41, 5.74) is 8.25. The summed E-state index contributed by atoms with van der Waals surface area (Å²) in [5, 5.41) is 3.11. The van der Waals surface area contributed by atoms with Crippen molar-refractivity contribution in [2.45, 2.75) is 25.5 Å². The molecule has 0 aromatic heterocycles. The van der Waals surface area contributed by atoms with Crippen LogP contribution in [0.15, 0.2) is 72.8 Å². The van der Waals surface area contributed by atoms with Gasteiger partial charge in [0.05, 0.1) is 18.7 Å².